The number of rotatable bonds is 6. The van der Waals surface area contributed by atoms with Gasteiger partial charge in [-0.3, -0.25) is 4.79 Å². The van der Waals surface area contributed by atoms with Gasteiger partial charge in [0.15, 0.2) is 0 Å². The predicted molar refractivity (Wildman–Crippen MR) is 76.3 cm³/mol. The largest absolute Gasteiger partial charge is 0.343 e. The molecule has 2 N–H and O–H groups in total. The van der Waals surface area contributed by atoms with Gasteiger partial charge in [-0.2, -0.15) is 0 Å². The van der Waals surface area contributed by atoms with E-state index in [0.717, 1.165) is 51.1 Å². The van der Waals surface area contributed by atoms with Crippen molar-refractivity contribution >= 4 is 5.91 Å². The third kappa shape index (κ3) is 5.38. The highest BCUT2D eigenvalue weighted by molar-refractivity contribution is 5.76. The number of unbranched alkanes of at least 4 members (excludes halogenated alkanes) is 1. The Kier molecular flexibility index (Phi) is 6.69. The van der Waals surface area contributed by atoms with Gasteiger partial charge in [-0.25, -0.2) is 0 Å². The van der Waals surface area contributed by atoms with E-state index in [4.69, 9.17) is 5.73 Å². The molecule has 1 rings (SSSR count). The van der Waals surface area contributed by atoms with E-state index in [9.17, 15) is 4.79 Å². The Balaban J connectivity index is 2.30. The van der Waals surface area contributed by atoms with E-state index in [1.54, 1.807) is 0 Å². The number of hydrogen-bond acceptors (Lipinski definition) is 2. The summed E-state index contributed by atoms with van der Waals surface area (Å²) in [5.74, 6) is 1.79. The van der Waals surface area contributed by atoms with Crippen molar-refractivity contribution in [2.45, 2.75) is 65.3 Å². The zero-order valence-electron chi connectivity index (χ0n) is 12.3. The molecule has 2 unspecified atom stereocenters. The summed E-state index contributed by atoms with van der Waals surface area (Å²) < 4.78 is 0. The van der Waals surface area contributed by atoms with Gasteiger partial charge in [0.25, 0.3) is 0 Å². The molecule has 1 saturated heterocycles. The van der Waals surface area contributed by atoms with Gasteiger partial charge < -0.3 is 10.6 Å². The summed E-state index contributed by atoms with van der Waals surface area (Å²) in [4.78, 5) is 14.1. The minimum atomic E-state index is 0.287. The highest BCUT2D eigenvalue weighted by Gasteiger charge is 2.23. The van der Waals surface area contributed by atoms with Gasteiger partial charge in [-0.1, -0.05) is 20.3 Å². The van der Waals surface area contributed by atoms with Gasteiger partial charge in [-0.05, 0) is 44.4 Å². The molecule has 2 atom stereocenters. The zero-order chi connectivity index (χ0) is 13.5. The monoisotopic (exact) mass is 254 g/mol. The minimum absolute atomic E-state index is 0.287. The second kappa shape index (κ2) is 7.78. The first-order valence-corrected chi connectivity index (χ1v) is 7.54. The molecule has 0 radical (unpaired) electrons. The summed E-state index contributed by atoms with van der Waals surface area (Å²) in [7, 11) is 0. The van der Waals surface area contributed by atoms with Gasteiger partial charge in [0.05, 0.1) is 0 Å². The molecule has 0 aromatic rings. The van der Waals surface area contributed by atoms with Crippen LogP contribution in [0, 0.1) is 11.8 Å². The number of nitrogens with two attached hydrogens (primary N) is 1. The normalized spacial score (nSPS) is 23.3. The van der Waals surface area contributed by atoms with Gasteiger partial charge in [0.1, 0.15) is 0 Å². The molecular formula is C15H30N2O. The molecule has 1 fully saturated rings. The van der Waals surface area contributed by atoms with Crippen LogP contribution in [0.1, 0.15) is 59.3 Å². The molecule has 18 heavy (non-hydrogen) atoms. The molecular weight excluding hydrogens is 224 g/mol. The Labute approximate surface area is 112 Å². The molecule has 0 spiro atoms. The Morgan fingerprint density at radius 1 is 1.28 bits per heavy atom. The number of carbonyl (C=O) groups is 1. The zero-order valence-corrected chi connectivity index (χ0v) is 12.3. The summed E-state index contributed by atoms with van der Waals surface area (Å²) >= 11 is 0. The van der Waals surface area contributed by atoms with E-state index < -0.39 is 0 Å². The Bertz CT molecular complexity index is 251. The molecule has 0 aliphatic carbocycles. The lowest BCUT2D eigenvalue weighted by atomic mass is 9.89. The van der Waals surface area contributed by atoms with E-state index in [1.807, 2.05) is 6.92 Å². The van der Waals surface area contributed by atoms with Crippen molar-refractivity contribution in [3.8, 4) is 0 Å². The molecule has 0 bridgehead atoms. The molecule has 1 heterocycles. The Morgan fingerprint density at radius 3 is 2.61 bits per heavy atom. The van der Waals surface area contributed by atoms with Crippen molar-refractivity contribution in [3.05, 3.63) is 0 Å². The Hall–Kier alpha value is -0.570. The lowest BCUT2D eigenvalue weighted by Gasteiger charge is -2.21. The maximum atomic E-state index is 12.0. The second-order valence-electron chi connectivity index (χ2n) is 6.19. The van der Waals surface area contributed by atoms with Crippen molar-refractivity contribution in [1.82, 2.24) is 4.90 Å². The molecule has 1 aliphatic heterocycles. The smallest absolute Gasteiger partial charge is 0.222 e. The summed E-state index contributed by atoms with van der Waals surface area (Å²) in [5, 5.41) is 0. The second-order valence-corrected chi connectivity index (χ2v) is 6.19. The maximum absolute atomic E-state index is 12.0. The number of carbonyl (C=O) groups excluding carboxylic acids is 1. The molecule has 0 aromatic heterocycles. The van der Waals surface area contributed by atoms with E-state index in [2.05, 4.69) is 18.7 Å². The van der Waals surface area contributed by atoms with Crippen LogP contribution in [0.4, 0.5) is 0 Å². The fraction of sp³-hybridized carbons (Fsp3) is 0.933. The van der Waals surface area contributed by atoms with Crippen LogP contribution < -0.4 is 5.73 Å². The minimum Gasteiger partial charge on any atom is -0.343 e. The van der Waals surface area contributed by atoms with E-state index >= 15 is 0 Å². The van der Waals surface area contributed by atoms with Crippen molar-refractivity contribution in [3.63, 3.8) is 0 Å². The lowest BCUT2D eigenvalue weighted by molar-refractivity contribution is -0.130. The first-order valence-electron chi connectivity index (χ1n) is 7.54. The van der Waals surface area contributed by atoms with Crippen molar-refractivity contribution < 1.29 is 4.79 Å². The van der Waals surface area contributed by atoms with Gasteiger partial charge in [-0.15, -0.1) is 0 Å². The highest BCUT2D eigenvalue weighted by Crippen LogP contribution is 2.25. The topological polar surface area (TPSA) is 46.3 Å². The Morgan fingerprint density at radius 2 is 2.00 bits per heavy atom. The number of amides is 1. The summed E-state index contributed by atoms with van der Waals surface area (Å²) in [5.41, 5.74) is 5.73. The van der Waals surface area contributed by atoms with Crippen LogP contribution >= 0.6 is 0 Å². The molecule has 3 nitrogen and oxygen atoms in total. The standard InChI is InChI=1S/C15H30N2O/c1-12(2)14-7-8-15(18)17(11-9-14)10-5-4-6-13(3)16/h12-14H,4-11,16H2,1-3H3. The van der Waals surface area contributed by atoms with Gasteiger partial charge in [0.2, 0.25) is 5.91 Å². The fourth-order valence-electron chi connectivity index (χ4n) is 2.73. The number of nitrogens with zero attached hydrogens (tertiary/aromatic N) is 1. The molecule has 106 valence electrons. The molecule has 3 heteroatoms. The van der Waals surface area contributed by atoms with Crippen molar-refractivity contribution in [2.24, 2.45) is 17.6 Å². The van der Waals surface area contributed by atoms with E-state index in [1.165, 1.54) is 6.42 Å². The lowest BCUT2D eigenvalue weighted by Crippen LogP contribution is -2.31. The van der Waals surface area contributed by atoms with Gasteiger partial charge in [0, 0.05) is 25.6 Å². The predicted octanol–water partition coefficient (Wildman–Crippen LogP) is 2.79. The maximum Gasteiger partial charge on any atom is 0.222 e. The van der Waals surface area contributed by atoms with Crippen LogP contribution in [0.15, 0.2) is 0 Å². The summed E-state index contributed by atoms with van der Waals surface area (Å²) in [6.07, 6.45) is 6.30. The van der Waals surface area contributed by atoms with Crippen molar-refractivity contribution in [2.75, 3.05) is 13.1 Å². The number of hydrogen-bond donors (Lipinski definition) is 1. The third-order valence-electron chi connectivity index (χ3n) is 4.13. The van der Waals surface area contributed by atoms with E-state index in [0.29, 0.717) is 11.8 Å². The third-order valence-corrected chi connectivity index (χ3v) is 4.13. The van der Waals surface area contributed by atoms with Crippen LogP contribution in [0.3, 0.4) is 0 Å². The van der Waals surface area contributed by atoms with Crippen LogP contribution in [0.2, 0.25) is 0 Å². The fourth-order valence-corrected chi connectivity index (χ4v) is 2.73. The van der Waals surface area contributed by atoms with Crippen LogP contribution in [0.25, 0.3) is 0 Å². The average molecular weight is 254 g/mol. The van der Waals surface area contributed by atoms with Crippen LogP contribution in [-0.4, -0.2) is 29.9 Å². The quantitative estimate of drug-likeness (QED) is 0.741. The molecule has 0 saturated carbocycles. The molecule has 1 aliphatic rings. The van der Waals surface area contributed by atoms with Crippen molar-refractivity contribution in [1.29, 1.82) is 0 Å². The first kappa shape index (κ1) is 15.5. The van der Waals surface area contributed by atoms with Crippen LogP contribution in [-0.2, 0) is 4.79 Å². The number of likely N-dealkylation sites (tertiary alicyclic amines) is 1. The average Bonchev–Trinajstić information content (AvgIpc) is 2.47. The highest BCUT2D eigenvalue weighted by atomic mass is 16.2. The molecule has 0 aromatic carbocycles. The van der Waals surface area contributed by atoms with Crippen LogP contribution in [0.5, 0.6) is 0 Å². The molecule has 1 amide bonds. The SMILES string of the molecule is CC(N)CCCCN1CCC(C(C)C)CCC1=O. The van der Waals surface area contributed by atoms with Gasteiger partial charge >= 0.3 is 0 Å². The summed E-state index contributed by atoms with van der Waals surface area (Å²) in [6, 6.07) is 0.287. The van der Waals surface area contributed by atoms with E-state index in [-0.39, 0.29) is 6.04 Å². The summed E-state index contributed by atoms with van der Waals surface area (Å²) in [6.45, 7) is 8.47. The first-order chi connectivity index (χ1) is 8.50.